The highest BCUT2D eigenvalue weighted by molar-refractivity contribution is 7.26. The van der Waals surface area contributed by atoms with E-state index < -0.39 is 0 Å². The van der Waals surface area contributed by atoms with Crippen molar-refractivity contribution in [3.8, 4) is 5.69 Å². The van der Waals surface area contributed by atoms with E-state index in [2.05, 4.69) is 59.2 Å². The SMILES string of the molecule is N=C(c1ccccc1)N(C(=N)c1ccc(-n2c3cccnc3c3ccc4sc5ccccc5c4c32)cc1)c1ccccc1. The summed E-state index contributed by atoms with van der Waals surface area (Å²) in [7, 11) is 0. The topological polar surface area (TPSA) is 68.8 Å². The lowest BCUT2D eigenvalue weighted by Crippen LogP contribution is -2.37. The molecule has 6 heteroatoms. The lowest BCUT2D eigenvalue weighted by atomic mass is 10.1. The van der Waals surface area contributed by atoms with Gasteiger partial charge in [0.1, 0.15) is 11.7 Å². The Hall–Kier alpha value is -5.59. The van der Waals surface area contributed by atoms with E-state index in [1.165, 1.54) is 20.2 Å². The number of aromatic nitrogens is 2. The molecule has 8 aromatic rings. The van der Waals surface area contributed by atoms with E-state index in [1.54, 1.807) is 4.90 Å². The first kappa shape index (κ1) is 25.1. The molecule has 0 unspecified atom stereocenters. The molecule has 0 spiro atoms. The van der Waals surface area contributed by atoms with E-state index in [9.17, 15) is 5.41 Å². The van der Waals surface area contributed by atoms with Crippen LogP contribution in [0.5, 0.6) is 0 Å². The van der Waals surface area contributed by atoms with Crippen molar-refractivity contribution in [2.75, 3.05) is 4.90 Å². The second-order valence-corrected chi connectivity index (χ2v) is 11.5. The molecule has 0 atom stereocenters. The molecule has 5 aromatic carbocycles. The third-order valence-electron chi connectivity index (χ3n) is 7.93. The van der Waals surface area contributed by atoms with E-state index >= 15 is 0 Å². The molecule has 3 heterocycles. The van der Waals surface area contributed by atoms with Crippen LogP contribution in [0.3, 0.4) is 0 Å². The normalized spacial score (nSPS) is 11.4. The Labute approximate surface area is 251 Å². The highest BCUT2D eigenvalue weighted by atomic mass is 32.1. The van der Waals surface area contributed by atoms with Crippen LogP contribution >= 0.6 is 11.3 Å². The molecule has 8 rings (SSSR count). The van der Waals surface area contributed by atoms with Gasteiger partial charge in [-0.15, -0.1) is 11.3 Å². The van der Waals surface area contributed by atoms with Crippen molar-refractivity contribution < 1.29 is 0 Å². The maximum atomic E-state index is 9.26. The van der Waals surface area contributed by atoms with E-state index in [0.717, 1.165) is 44.4 Å². The predicted molar refractivity (Wildman–Crippen MR) is 180 cm³/mol. The molecule has 2 N–H and O–H groups in total. The number of thiophene rings is 1. The highest BCUT2D eigenvalue weighted by Gasteiger charge is 2.22. The summed E-state index contributed by atoms with van der Waals surface area (Å²) in [4.78, 5) is 6.49. The Morgan fingerprint density at radius 1 is 0.605 bits per heavy atom. The maximum absolute atomic E-state index is 9.26. The Balaban J connectivity index is 1.29. The van der Waals surface area contributed by atoms with Crippen molar-refractivity contribution in [2.45, 2.75) is 0 Å². The zero-order valence-electron chi connectivity index (χ0n) is 23.0. The number of hydrogen-bond acceptors (Lipinski definition) is 4. The Bertz CT molecular complexity index is 2320. The molecule has 0 bridgehead atoms. The first-order valence-corrected chi connectivity index (χ1v) is 14.9. The van der Waals surface area contributed by atoms with E-state index in [1.807, 2.05) is 96.4 Å². The number of fused-ring (bicyclic) bond motifs is 7. The number of benzene rings is 5. The third-order valence-corrected chi connectivity index (χ3v) is 9.07. The molecule has 0 aliphatic carbocycles. The number of amidine groups is 2. The quantitative estimate of drug-likeness (QED) is 0.163. The van der Waals surface area contributed by atoms with Crippen molar-refractivity contribution >= 4 is 70.8 Å². The van der Waals surface area contributed by atoms with E-state index in [4.69, 9.17) is 10.4 Å². The summed E-state index contributed by atoms with van der Waals surface area (Å²) in [5.74, 6) is 0.489. The van der Waals surface area contributed by atoms with Gasteiger partial charge in [-0.3, -0.25) is 20.7 Å². The summed E-state index contributed by atoms with van der Waals surface area (Å²) in [6.45, 7) is 0. The number of hydrogen-bond donors (Lipinski definition) is 2. The van der Waals surface area contributed by atoms with E-state index in [-0.39, 0.29) is 11.7 Å². The van der Waals surface area contributed by atoms with Crippen LogP contribution in [-0.4, -0.2) is 21.2 Å². The van der Waals surface area contributed by atoms with Gasteiger partial charge in [0.15, 0.2) is 0 Å². The highest BCUT2D eigenvalue weighted by Crippen LogP contribution is 2.42. The number of para-hydroxylation sites is 1. The number of nitrogens with one attached hydrogen (secondary N) is 2. The Morgan fingerprint density at radius 2 is 1.28 bits per heavy atom. The molecule has 3 aromatic heterocycles. The predicted octanol–water partition coefficient (Wildman–Crippen LogP) is 9.40. The second-order valence-electron chi connectivity index (χ2n) is 10.4. The molecule has 0 aliphatic rings. The number of rotatable bonds is 4. The summed E-state index contributed by atoms with van der Waals surface area (Å²) >= 11 is 1.81. The fourth-order valence-corrected chi connectivity index (χ4v) is 7.07. The van der Waals surface area contributed by atoms with Gasteiger partial charge in [0.25, 0.3) is 0 Å². The largest absolute Gasteiger partial charge is 0.307 e. The van der Waals surface area contributed by atoms with Crippen LogP contribution in [0.15, 0.2) is 140 Å². The van der Waals surface area contributed by atoms with Crippen molar-refractivity contribution in [3.63, 3.8) is 0 Å². The molecule has 0 amide bonds. The average Bonchev–Trinajstić information content (AvgIpc) is 3.61. The molecule has 204 valence electrons. The van der Waals surface area contributed by atoms with Crippen LogP contribution in [0.4, 0.5) is 5.69 Å². The average molecular weight is 572 g/mol. The smallest absolute Gasteiger partial charge is 0.138 e. The molecule has 0 saturated heterocycles. The van der Waals surface area contributed by atoms with Crippen LogP contribution in [0.25, 0.3) is 47.8 Å². The van der Waals surface area contributed by atoms with Gasteiger partial charge in [0.2, 0.25) is 0 Å². The maximum Gasteiger partial charge on any atom is 0.138 e. The van der Waals surface area contributed by atoms with Crippen LogP contribution < -0.4 is 4.90 Å². The molecular formula is C37H25N5S. The standard InChI is InChI=1S/C37H25N5S/c38-36(24-10-3-1-4-11-24)42(26-12-5-2-6-13-26)37(39)25-17-19-27(20-18-25)41-30-15-9-23-40-34(30)29-21-22-32-33(35(29)41)28-14-7-8-16-31(28)43-32/h1-23,38-39H. The number of anilines is 1. The van der Waals surface area contributed by atoms with Gasteiger partial charge in [0.05, 0.1) is 16.6 Å². The minimum Gasteiger partial charge on any atom is -0.307 e. The first-order chi connectivity index (χ1) is 21.2. The molecule has 5 nitrogen and oxygen atoms in total. The van der Waals surface area contributed by atoms with Crippen LogP contribution in [0, 0.1) is 10.8 Å². The van der Waals surface area contributed by atoms with Gasteiger partial charge >= 0.3 is 0 Å². The van der Waals surface area contributed by atoms with Crippen molar-refractivity contribution in [1.29, 1.82) is 10.8 Å². The van der Waals surface area contributed by atoms with Crippen LogP contribution in [0.1, 0.15) is 11.1 Å². The third kappa shape index (κ3) is 4.03. The molecule has 0 radical (unpaired) electrons. The van der Waals surface area contributed by atoms with Crippen molar-refractivity contribution in [2.24, 2.45) is 0 Å². The number of pyridine rings is 1. The van der Waals surface area contributed by atoms with Gasteiger partial charge in [-0.2, -0.15) is 0 Å². The van der Waals surface area contributed by atoms with Crippen molar-refractivity contribution in [1.82, 2.24) is 9.55 Å². The summed E-state index contributed by atoms with van der Waals surface area (Å²) in [6.07, 6.45) is 1.85. The van der Waals surface area contributed by atoms with Crippen LogP contribution in [0.2, 0.25) is 0 Å². The van der Waals surface area contributed by atoms with Gasteiger partial charge < -0.3 is 4.57 Å². The zero-order valence-corrected chi connectivity index (χ0v) is 23.8. The second kappa shape index (κ2) is 10.0. The minimum atomic E-state index is 0.238. The summed E-state index contributed by atoms with van der Waals surface area (Å²) in [5.41, 5.74) is 6.39. The van der Waals surface area contributed by atoms with Gasteiger partial charge in [-0.1, -0.05) is 66.7 Å². The van der Waals surface area contributed by atoms with Gasteiger partial charge in [0, 0.05) is 54.3 Å². The summed E-state index contributed by atoms with van der Waals surface area (Å²) in [6, 6.07) is 44.4. The molecule has 0 aliphatic heterocycles. The fourth-order valence-electron chi connectivity index (χ4n) is 5.97. The van der Waals surface area contributed by atoms with Gasteiger partial charge in [-0.05, 0) is 66.7 Å². The summed E-state index contributed by atoms with van der Waals surface area (Å²) < 4.78 is 4.81. The minimum absolute atomic E-state index is 0.238. The van der Waals surface area contributed by atoms with Crippen LogP contribution in [-0.2, 0) is 0 Å². The monoisotopic (exact) mass is 571 g/mol. The zero-order chi connectivity index (χ0) is 28.9. The lowest BCUT2D eigenvalue weighted by molar-refractivity contribution is 1.18. The number of nitrogens with zero attached hydrogens (tertiary/aromatic N) is 3. The molecular weight excluding hydrogens is 547 g/mol. The Kier molecular flexibility index (Phi) is 5.88. The van der Waals surface area contributed by atoms with E-state index in [0.29, 0.717) is 0 Å². The Morgan fingerprint density at radius 3 is 2.05 bits per heavy atom. The molecule has 0 fully saturated rings. The van der Waals surface area contributed by atoms with Crippen molar-refractivity contribution in [3.05, 3.63) is 151 Å². The lowest BCUT2D eigenvalue weighted by Gasteiger charge is -2.26. The van der Waals surface area contributed by atoms with Gasteiger partial charge in [-0.25, -0.2) is 0 Å². The fraction of sp³-hybridized carbons (Fsp3) is 0. The molecule has 43 heavy (non-hydrogen) atoms. The molecule has 0 saturated carbocycles. The summed E-state index contributed by atoms with van der Waals surface area (Å²) in [5, 5.41) is 21.9. The first-order valence-electron chi connectivity index (χ1n) is 14.1.